The van der Waals surface area contributed by atoms with Gasteiger partial charge in [0.2, 0.25) is 0 Å². The van der Waals surface area contributed by atoms with Gasteiger partial charge in [-0.15, -0.1) is 0 Å². The molecule has 20 heavy (non-hydrogen) atoms. The standard InChI is InChI=1S/C18H30N2/c1-15-11-7-8-12-16(15)17(19-2)18(20(3)4)13-9-5-6-10-14-18/h7-8,11-12,17,19H,5-6,9-10,13-14H2,1-4H3. The van der Waals surface area contributed by atoms with E-state index in [-0.39, 0.29) is 5.54 Å². The number of benzene rings is 1. The maximum absolute atomic E-state index is 3.64. The first-order valence-electron chi connectivity index (χ1n) is 8.02. The summed E-state index contributed by atoms with van der Waals surface area (Å²) in [6, 6.07) is 9.26. The number of nitrogens with zero attached hydrogens (tertiary/aromatic N) is 1. The van der Waals surface area contributed by atoms with E-state index in [1.165, 1.54) is 49.7 Å². The highest BCUT2D eigenvalue weighted by Crippen LogP contribution is 2.41. The predicted octanol–water partition coefficient (Wildman–Crippen LogP) is 3.91. The normalized spacial score (nSPS) is 20.6. The first-order chi connectivity index (χ1) is 9.62. The van der Waals surface area contributed by atoms with Gasteiger partial charge < -0.3 is 10.2 Å². The predicted molar refractivity (Wildman–Crippen MR) is 87.1 cm³/mol. The van der Waals surface area contributed by atoms with Crippen molar-refractivity contribution in [3.8, 4) is 0 Å². The highest BCUT2D eigenvalue weighted by Gasteiger charge is 2.41. The zero-order valence-electron chi connectivity index (χ0n) is 13.6. The molecule has 2 nitrogen and oxygen atoms in total. The molecule has 0 heterocycles. The van der Waals surface area contributed by atoms with Crippen molar-refractivity contribution in [2.75, 3.05) is 21.1 Å². The summed E-state index contributed by atoms with van der Waals surface area (Å²) in [7, 11) is 6.63. The zero-order chi connectivity index (χ0) is 14.6. The third-order valence-electron chi connectivity index (χ3n) is 5.19. The summed E-state index contributed by atoms with van der Waals surface area (Å²) < 4.78 is 0. The highest BCUT2D eigenvalue weighted by atomic mass is 15.2. The van der Waals surface area contributed by atoms with Gasteiger partial charge in [-0.2, -0.15) is 0 Å². The molecule has 0 bridgehead atoms. The molecule has 0 radical (unpaired) electrons. The molecule has 1 aromatic rings. The van der Waals surface area contributed by atoms with E-state index in [1.54, 1.807) is 0 Å². The maximum Gasteiger partial charge on any atom is 0.0507 e. The molecule has 1 aromatic carbocycles. The van der Waals surface area contributed by atoms with Gasteiger partial charge in [0, 0.05) is 5.54 Å². The van der Waals surface area contributed by atoms with Gasteiger partial charge in [-0.1, -0.05) is 49.9 Å². The lowest BCUT2D eigenvalue weighted by Gasteiger charge is -2.46. The van der Waals surface area contributed by atoms with Crippen molar-refractivity contribution in [3.63, 3.8) is 0 Å². The SMILES string of the molecule is CNC(c1ccccc1C)C1(N(C)C)CCCCCC1. The Morgan fingerprint density at radius 1 is 1.05 bits per heavy atom. The molecule has 1 aliphatic rings. The lowest BCUT2D eigenvalue weighted by atomic mass is 9.77. The van der Waals surface area contributed by atoms with Crippen LogP contribution in [0.1, 0.15) is 55.7 Å². The summed E-state index contributed by atoms with van der Waals surface area (Å²) in [6.45, 7) is 2.24. The monoisotopic (exact) mass is 274 g/mol. The molecular formula is C18H30N2. The number of aryl methyl sites for hydroxylation is 1. The van der Waals surface area contributed by atoms with E-state index >= 15 is 0 Å². The van der Waals surface area contributed by atoms with E-state index in [1.807, 2.05) is 0 Å². The Morgan fingerprint density at radius 2 is 1.65 bits per heavy atom. The lowest BCUT2D eigenvalue weighted by Crippen LogP contribution is -2.53. The van der Waals surface area contributed by atoms with Gasteiger partial charge in [0.15, 0.2) is 0 Å². The molecule has 1 unspecified atom stereocenters. The van der Waals surface area contributed by atoms with Gasteiger partial charge in [0.25, 0.3) is 0 Å². The summed E-state index contributed by atoms with van der Waals surface area (Å²) in [5.74, 6) is 0. The van der Waals surface area contributed by atoms with Crippen LogP contribution in [0.5, 0.6) is 0 Å². The third-order valence-corrected chi connectivity index (χ3v) is 5.19. The second kappa shape index (κ2) is 6.73. The molecule has 1 fully saturated rings. The molecule has 0 amide bonds. The van der Waals surface area contributed by atoms with Crippen molar-refractivity contribution in [2.45, 2.75) is 57.0 Å². The topological polar surface area (TPSA) is 15.3 Å². The average molecular weight is 274 g/mol. The first-order valence-corrected chi connectivity index (χ1v) is 8.02. The molecule has 0 spiro atoms. The molecule has 1 aliphatic carbocycles. The summed E-state index contributed by atoms with van der Waals surface area (Å²) >= 11 is 0. The quantitative estimate of drug-likeness (QED) is 0.837. The van der Waals surface area contributed by atoms with E-state index in [0.717, 1.165) is 0 Å². The van der Waals surface area contributed by atoms with E-state index in [0.29, 0.717) is 6.04 Å². The van der Waals surface area contributed by atoms with Crippen molar-refractivity contribution in [1.29, 1.82) is 0 Å². The Hall–Kier alpha value is -0.860. The van der Waals surface area contributed by atoms with Crippen LogP contribution in [0.25, 0.3) is 0 Å². The fourth-order valence-electron chi connectivity index (χ4n) is 3.96. The Balaban J connectivity index is 2.42. The van der Waals surface area contributed by atoms with Gasteiger partial charge >= 0.3 is 0 Å². The van der Waals surface area contributed by atoms with Crippen molar-refractivity contribution in [1.82, 2.24) is 10.2 Å². The number of rotatable bonds is 4. The smallest absolute Gasteiger partial charge is 0.0507 e. The largest absolute Gasteiger partial charge is 0.311 e. The van der Waals surface area contributed by atoms with Crippen LogP contribution in [0.4, 0.5) is 0 Å². The molecule has 0 saturated heterocycles. The number of likely N-dealkylation sites (N-methyl/N-ethyl adjacent to an activating group) is 2. The van der Waals surface area contributed by atoms with Crippen molar-refractivity contribution >= 4 is 0 Å². The van der Waals surface area contributed by atoms with Gasteiger partial charge in [0.05, 0.1) is 6.04 Å². The second-order valence-corrected chi connectivity index (χ2v) is 6.49. The number of hydrogen-bond donors (Lipinski definition) is 1. The molecule has 1 saturated carbocycles. The maximum atomic E-state index is 3.64. The van der Waals surface area contributed by atoms with Crippen molar-refractivity contribution < 1.29 is 0 Å². The van der Waals surface area contributed by atoms with Crippen LogP contribution in [-0.2, 0) is 0 Å². The zero-order valence-corrected chi connectivity index (χ0v) is 13.6. The molecule has 0 aromatic heterocycles. The first kappa shape index (κ1) is 15.5. The van der Waals surface area contributed by atoms with Crippen molar-refractivity contribution in [3.05, 3.63) is 35.4 Å². The minimum atomic E-state index is 0.247. The van der Waals surface area contributed by atoms with E-state index in [9.17, 15) is 0 Å². The molecule has 1 N–H and O–H groups in total. The summed E-state index contributed by atoms with van der Waals surface area (Å²) in [6.07, 6.45) is 8.06. The molecule has 0 aliphatic heterocycles. The van der Waals surface area contributed by atoms with Gasteiger partial charge in [-0.25, -0.2) is 0 Å². The summed E-state index contributed by atoms with van der Waals surface area (Å²) in [4.78, 5) is 2.48. The lowest BCUT2D eigenvalue weighted by molar-refractivity contribution is 0.0832. The molecule has 112 valence electrons. The Kier molecular flexibility index (Phi) is 5.22. The number of nitrogens with one attached hydrogen (secondary N) is 1. The van der Waals surface area contributed by atoms with Crippen LogP contribution in [-0.4, -0.2) is 31.6 Å². The van der Waals surface area contributed by atoms with E-state index < -0.39 is 0 Å². The van der Waals surface area contributed by atoms with Crippen LogP contribution < -0.4 is 5.32 Å². The number of hydrogen-bond acceptors (Lipinski definition) is 2. The van der Waals surface area contributed by atoms with E-state index in [4.69, 9.17) is 0 Å². The van der Waals surface area contributed by atoms with Crippen LogP contribution in [0.3, 0.4) is 0 Å². The van der Waals surface area contributed by atoms with Crippen LogP contribution in [0.2, 0.25) is 0 Å². The average Bonchev–Trinajstić information content (AvgIpc) is 2.69. The highest BCUT2D eigenvalue weighted by molar-refractivity contribution is 5.31. The van der Waals surface area contributed by atoms with Gasteiger partial charge in [-0.05, 0) is 52.0 Å². The third kappa shape index (κ3) is 2.91. The Morgan fingerprint density at radius 3 is 2.15 bits per heavy atom. The minimum Gasteiger partial charge on any atom is -0.311 e. The van der Waals surface area contributed by atoms with E-state index in [2.05, 4.69) is 62.5 Å². The van der Waals surface area contributed by atoms with Crippen LogP contribution in [0, 0.1) is 6.92 Å². The summed E-state index contributed by atoms with van der Waals surface area (Å²) in [5.41, 5.74) is 3.11. The second-order valence-electron chi connectivity index (χ2n) is 6.49. The molecule has 2 heteroatoms. The molecule has 1 atom stereocenters. The van der Waals surface area contributed by atoms with Crippen LogP contribution >= 0.6 is 0 Å². The minimum absolute atomic E-state index is 0.247. The molecule has 2 rings (SSSR count). The van der Waals surface area contributed by atoms with Gasteiger partial charge in [-0.3, -0.25) is 0 Å². The fourth-order valence-corrected chi connectivity index (χ4v) is 3.96. The van der Waals surface area contributed by atoms with Crippen LogP contribution in [0.15, 0.2) is 24.3 Å². The van der Waals surface area contributed by atoms with Crippen molar-refractivity contribution in [2.24, 2.45) is 0 Å². The van der Waals surface area contributed by atoms with Gasteiger partial charge in [0.1, 0.15) is 0 Å². The summed E-state index contributed by atoms with van der Waals surface area (Å²) in [5, 5.41) is 3.64. The fraction of sp³-hybridized carbons (Fsp3) is 0.667. The Bertz CT molecular complexity index is 417. The molecular weight excluding hydrogens is 244 g/mol. The Labute approximate surface area is 124 Å².